The Morgan fingerprint density at radius 1 is 1.33 bits per heavy atom. The van der Waals surface area contributed by atoms with Crippen molar-refractivity contribution in [3.05, 3.63) is 23.8 Å². The van der Waals surface area contributed by atoms with Gasteiger partial charge in [-0.1, -0.05) is 7.43 Å². The monoisotopic (exact) mass is 235 g/mol. The van der Waals surface area contributed by atoms with Crippen molar-refractivity contribution in [1.29, 1.82) is 0 Å². The largest absolute Gasteiger partial charge is 0.398 e. The van der Waals surface area contributed by atoms with Crippen molar-refractivity contribution in [2.45, 2.75) is 13.9 Å². The minimum Gasteiger partial charge on any atom is -0.398 e. The zero-order valence-electron chi connectivity index (χ0n) is 8.00. The lowest BCUT2D eigenvalue weighted by Gasteiger charge is -2.10. The molecule has 0 aliphatic carbocycles. The lowest BCUT2D eigenvalue weighted by Crippen LogP contribution is -2.06. The SMILES string of the molecule is C.CP(C)(=O)c1ccc(N)c(C(F)F)c1. The zero-order valence-corrected chi connectivity index (χ0v) is 8.89. The summed E-state index contributed by atoms with van der Waals surface area (Å²) in [6.07, 6.45) is -2.62. The van der Waals surface area contributed by atoms with Crippen LogP contribution in [0.4, 0.5) is 14.5 Å². The molecule has 0 aromatic heterocycles. The molecule has 0 atom stereocenters. The predicted molar refractivity (Wildman–Crippen MR) is 61.6 cm³/mol. The van der Waals surface area contributed by atoms with Crippen LogP contribution < -0.4 is 11.0 Å². The molecule has 15 heavy (non-hydrogen) atoms. The molecule has 1 rings (SSSR count). The van der Waals surface area contributed by atoms with Gasteiger partial charge in [-0.05, 0) is 31.5 Å². The highest BCUT2D eigenvalue weighted by Gasteiger charge is 2.17. The van der Waals surface area contributed by atoms with Gasteiger partial charge in [-0.25, -0.2) is 8.78 Å². The summed E-state index contributed by atoms with van der Waals surface area (Å²) in [6, 6.07) is 4.12. The fourth-order valence-corrected chi connectivity index (χ4v) is 1.97. The number of anilines is 1. The Bertz CT molecular complexity index is 387. The highest BCUT2D eigenvalue weighted by molar-refractivity contribution is 7.70. The van der Waals surface area contributed by atoms with E-state index in [0.29, 0.717) is 5.30 Å². The summed E-state index contributed by atoms with van der Waals surface area (Å²) in [5, 5.41) is 0.432. The molecule has 86 valence electrons. The number of hydrogen-bond donors (Lipinski definition) is 1. The molecule has 5 heteroatoms. The van der Waals surface area contributed by atoms with Gasteiger partial charge in [-0.3, -0.25) is 0 Å². The molecule has 0 aliphatic heterocycles. The van der Waals surface area contributed by atoms with Crippen LogP contribution in [0.5, 0.6) is 0 Å². The summed E-state index contributed by atoms with van der Waals surface area (Å²) >= 11 is 0. The molecule has 0 amide bonds. The van der Waals surface area contributed by atoms with Gasteiger partial charge < -0.3 is 10.3 Å². The van der Waals surface area contributed by atoms with Crippen LogP contribution in [-0.2, 0) is 4.57 Å². The first-order valence-electron chi connectivity index (χ1n) is 4.05. The number of rotatable bonds is 2. The molecule has 0 heterocycles. The third-order valence-corrected chi connectivity index (χ3v) is 3.45. The molecule has 1 aromatic rings. The Morgan fingerprint density at radius 2 is 1.87 bits per heavy atom. The van der Waals surface area contributed by atoms with E-state index in [1.807, 2.05) is 0 Å². The third-order valence-electron chi connectivity index (χ3n) is 1.93. The quantitative estimate of drug-likeness (QED) is 0.632. The molecule has 0 aliphatic rings. The van der Waals surface area contributed by atoms with Gasteiger partial charge in [0.2, 0.25) is 0 Å². The molecule has 0 radical (unpaired) electrons. The standard InChI is InChI=1S/C9H12F2NOP.CH4/c1-14(2,13)6-3-4-8(12)7(5-6)9(10)11;/h3-5,9H,12H2,1-2H3;1H4. The van der Waals surface area contributed by atoms with Crippen molar-refractivity contribution in [2.24, 2.45) is 0 Å². The van der Waals surface area contributed by atoms with Gasteiger partial charge in [0.25, 0.3) is 6.43 Å². The van der Waals surface area contributed by atoms with Crippen LogP contribution in [0.2, 0.25) is 0 Å². The second-order valence-electron chi connectivity index (χ2n) is 3.46. The van der Waals surface area contributed by atoms with E-state index in [2.05, 4.69) is 0 Å². The molecule has 0 saturated heterocycles. The minimum absolute atomic E-state index is 0. The Labute approximate surface area is 88.9 Å². The Balaban J connectivity index is 0.00000196. The molecule has 2 nitrogen and oxygen atoms in total. The molecule has 0 unspecified atom stereocenters. The Kier molecular flexibility index (Phi) is 4.47. The molecule has 0 fully saturated rings. The van der Waals surface area contributed by atoms with Crippen LogP contribution in [0, 0.1) is 0 Å². The fraction of sp³-hybridized carbons (Fsp3) is 0.400. The number of halogens is 2. The Hall–Kier alpha value is -0.890. The van der Waals surface area contributed by atoms with Crippen molar-refractivity contribution in [3.63, 3.8) is 0 Å². The average molecular weight is 235 g/mol. The summed E-state index contributed by atoms with van der Waals surface area (Å²) in [4.78, 5) is 0. The number of nitrogen functional groups attached to an aromatic ring is 1. The summed E-state index contributed by atoms with van der Waals surface area (Å²) in [6.45, 7) is 3.07. The van der Waals surface area contributed by atoms with E-state index in [4.69, 9.17) is 5.73 Å². The third kappa shape index (κ3) is 3.31. The lowest BCUT2D eigenvalue weighted by molar-refractivity contribution is 0.152. The summed E-state index contributed by atoms with van der Waals surface area (Å²) < 4.78 is 36.5. The summed E-state index contributed by atoms with van der Waals surface area (Å²) in [5.74, 6) is 0. The highest BCUT2D eigenvalue weighted by atomic mass is 31.2. The molecule has 1 aromatic carbocycles. The maximum atomic E-state index is 12.4. The number of alkyl halides is 2. The van der Waals surface area contributed by atoms with Crippen molar-refractivity contribution >= 4 is 18.1 Å². The molecular weight excluding hydrogens is 219 g/mol. The molecule has 0 bridgehead atoms. The van der Waals surface area contributed by atoms with E-state index in [1.54, 1.807) is 0 Å². The summed E-state index contributed by atoms with van der Waals surface area (Å²) in [5.41, 5.74) is 5.16. The van der Waals surface area contributed by atoms with E-state index in [9.17, 15) is 13.3 Å². The van der Waals surface area contributed by atoms with Crippen LogP contribution in [0.15, 0.2) is 18.2 Å². The molecule has 2 N–H and O–H groups in total. The lowest BCUT2D eigenvalue weighted by atomic mass is 10.2. The van der Waals surface area contributed by atoms with Crippen molar-refractivity contribution in [1.82, 2.24) is 0 Å². The second kappa shape index (κ2) is 4.75. The van der Waals surface area contributed by atoms with Gasteiger partial charge in [-0.2, -0.15) is 0 Å². The molecule has 0 spiro atoms. The van der Waals surface area contributed by atoms with Gasteiger partial charge in [0.15, 0.2) is 0 Å². The smallest absolute Gasteiger partial charge is 0.265 e. The van der Waals surface area contributed by atoms with Crippen molar-refractivity contribution in [2.75, 3.05) is 19.1 Å². The topological polar surface area (TPSA) is 43.1 Å². The predicted octanol–water partition coefficient (Wildman–Crippen LogP) is 3.09. The average Bonchev–Trinajstić information content (AvgIpc) is 2.02. The first-order chi connectivity index (χ1) is 6.32. The fourth-order valence-electron chi connectivity index (χ4n) is 1.09. The van der Waals surface area contributed by atoms with Crippen molar-refractivity contribution in [3.8, 4) is 0 Å². The zero-order chi connectivity index (χ0) is 10.9. The van der Waals surface area contributed by atoms with Gasteiger partial charge >= 0.3 is 0 Å². The van der Waals surface area contributed by atoms with Gasteiger partial charge in [0, 0.05) is 16.6 Å². The van der Waals surface area contributed by atoms with Crippen molar-refractivity contribution < 1.29 is 13.3 Å². The van der Waals surface area contributed by atoms with Gasteiger partial charge in [0.1, 0.15) is 7.14 Å². The van der Waals surface area contributed by atoms with E-state index in [1.165, 1.54) is 31.5 Å². The van der Waals surface area contributed by atoms with Crippen LogP contribution in [-0.4, -0.2) is 13.3 Å². The Morgan fingerprint density at radius 3 is 2.27 bits per heavy atom. The van der Waals surface area contributed by atoms with Gasteiger partial charge in [-0.15, -0.1) is 0 Å². The first-order valence-corrected chi connectivity index (χ1v) is 6.65. The maximum absolute atomic E-state index is 12.4. The molecule has 0 saturated carbocycles. The van der Waals surface area contributed by atoms with E-state index < -0.39 is 13.6 Å². The van der Waals surface area contributed by atoms with Crippen LogP contribution in [0.25, 0.3) is 0 Å². The molecular formula is C10H16F2NOP. The van der Waals surface area contributed by atoms with Gasteiger partial charge in [0.05, 0.1) is 0 Å². The van der Waals surface area contributed by atoms with Crippen LogP contribution >= 0.6 is 7.14 Å². The van der Waals surface area contributed by atoms with Crippen LogP contribution in [0.1, 0.15) is 19.4 Å². The minimum atomic E-state index is -2.62. The number of nitrogens with two attached hydrogens (primary N) is 1. The number of hydrogen-bond acceptors (Lipinski definition) is 2. The normalized spacial score (nSPS) is 11.3. The maximum Gasteiger partial charge on any atom is 0.265 e. The van der Waals surface area contributed by atoms with E-state index in [-0.39, 0.29) is 18.7 Å². The summed E-state index contributed by atoms with van der Waals surface area (Å²) in [7, 11) is -2.49. The highest BCUT2D eigenvalue weighted by Crippen LogP contribution is 2.36. The second-order valence-corrected chi connectivity index (χ2v) is 6.68. The van der Waals surface area contributed by atoms with E-state index in [0.717, 1.165) is 0 Å². The van der Waals surface area contributed by atoms with Crippen LogP contribution in [0.3, 0.4) is 0 Å². The van der Waals surface area contributed by atoms with E-state index >= 15 is 0 Å². The first kappa shape index (κ1) is 14.1. The number of benzene rings is 1.